The lowest BCUT2D eigenvalue weighted by molar-refractivity contribution is 1.18. The van der Waals surface area contributed by atoms with Crippen molar-refractivity contribution in [3.63, 3.8) is 0 Å². The van der Waals surface area contributed by atoms with Gasteiger partial charge in [0.1, 0.15) is 0 Å². The monoisotopic (exact) mass is 686 g/mol. The molecule has 11 aromatic rings. The molecule has 2 nitrogen and oxygen atoms in total. The van der Waals surface area contributed by atoms with Gasteiger partial charge in [0.25, 0.3) is 0 Å². The molecule has 252 valence electrons. The number of hydrogen-bond donors (Lipinski definition) is 0. The van der Waals surface area contributed by atoms with E-state index in [0.29, 0.717) is 0 Å². The van der Waals surface area contributed by atoms with Gasteiger partial charge in [0, 0.05) is 32.6 Å². The minimum Gasteiger partial charge on any atom is -0.309 e. The van der Waals surface area contributed by atoms with Crippen molar-refractivity contribution in [3.8, 4) is 44.8 Å². The van der Waals surface area contributed by atoms with Gasteiger partial charge in [-0.15, -0.1) is 0 Å². The van der Waals surface area contributed by atoms with Crippen molar-refractivity contribution in [1.29, 1.82) is 0 Å². The molecular weight excluding hydrogens is 653 g/mol. The third-order valence-corrected chi connectivity index (χ3v) is 11.1. The minimum absolute atomic E-state index is 1.15. The molecule has 0 fully saturated rings. The van der Waals surface area contributed by atoms with Crippen LogP contribution in [-0.4, -0.2) is 9.13 Å². The van der Waals surface area contributed by atoms with E-state index in [4.69, 9.17) is 0 Å². The summed E-state index contributed by atoms with van der Waals surface area (Å²) in [4.78, 5) is 0. The summed E-state index contributed by atoms with van der Waals surface area (Å²) in [6, 6.07) is 75.2. The molecule has 2 heterocycles. The van der Waals surface area contributed by atoms with E-state index < -0.39 is 0 Å². The summed E-state index contributed by atoms with van der Waals surface area (Å²) in [6.45, 7) is 0. The van der Waals surface area contributed by atoms with E-state index in [0.717, 1.165) is 5.69 Å². The molecule has 0 N–H and O–H groups in total. The van der Waals surface area contributed by atoms with Crippen molar-refractivity contribution in [2.24, 2.45) is 0 Å². The number of benzene rings is 9. The molecule has 0 aliphatic heterocycles. The molecule has 0 radical (unpaired) electrons. The largest absolute Gasteiger partial charge is 0.309 e. The fourth-order valence-corrected chi connectivity index (χ4v) is 8.58. The van der Waals surface area contributed by atoms with Crippen molar-refractivity contribution in [3.05, 3.63) is 206 Å². The van der Waals surface area contributed by atoms with Crippen LogP contribution in [-0.2, 0) is 0 Å². The summed E-state index contributed by atoms with van der Waals surface area (Å²) in [5.74, 6) is 0. The van der Waals surface area contributed by atoms with Crippen molar-refractivity contribution in [2.75, 3.05) is 0 Å². The maximum Gasteiger partial charge on any atom is 0.0541 e. The van der Waals surface area contributed by atoms with E-state index in [2.05, 4.69) is 215 Å². The van der Waals surface area contributed by atoms with Gasteiger partial charge in [0.15, 0.2) is 0 Å². The third kappa shape index (κ3) is 4.81. The minimum atomic E-state index is 1.15. The van der Waals surface area contributed by atoms with Crippen LogP contribution in [0.15, 0.2) is 206 Å². The second kappa shape index (κ2) is 12.2. The highest BCUT2D eigenvalue weighted by molar-refractivity contribution is 6.13. The van der Waals surface area contributed by atoms with E-state index in [9.17, 15) is 0 Å². The smallest absolute Gasteiger partial charge is 0.0541 e. The van der Waals surface area contributed by atoms with Crippen molar-refractivity contribution in [2.45, 2.75) is 0 Å². The highest BCUT2D eigenvalue weighted by Gasteiger charge is 2.17. The van der Waals surface area contributed by atoms with Crippen LogP contribution in [0.3, 0.4) is 0 Å². The molecule has 0 unspecified atom stereocenters. The maximum atomic E-state index is 2.43. The molecule has 54 heavy (non-hydrogen) atoms. The summed E-state index contributed by atoms with van der Waals surface area (Å²) in [5, 5.41) is 7.51. The summed E-state index contributed by atoms with van der Waals surface area (Å²) < 4.78 is 4.85. The molecule has 9 aromatic carbocycles. The molecular formula is C52H34N2. The second-order valence-electron chi connectivity index (χ2n) is 14.2. The Morgan fingerprint density at radius 3 is 1.43 bits per heavy atom. The fraction of sp³-hybridized carbons (Fsp3) is 0. The number of para-hydroxylation sites is 2. The Bertz CT molecular complexity index is 3210. The van der Waals surface area contributed by atoms with Crippen molar-refractivity contribution in [1.82, 2.24) is 9.13 Å². The molecule has 0 saturated carbocycles. The summed E-state index contributed by atoms with van der Waals surface area (Å²) in [5.41, 5.74) is 14.5. The van der Waals surface area contributed by atoms with E-state index in [1.807, 2.05) is 0 Å². The molecule has 0 saturated heterocycles. The lowest BCUT2D eigenvalue weighted by Gasteiger charge is -2.12. The van der Waals surface area contributed by atoms with E-state index in [-0.39, 0.29) is 0 Å². The maximum absolute atomic E-state index is 2.43. The highest BCUT2D eigenvalue weighted by Crippen LogP contribution is 2.39. The molecule has 0 aliphatic rings. The highest BCUT2D eigenvalue weighted by atomic mass is 15.0. The number of fused-ring (bicyclic) bond motifs is 7. The first-order valence-electron chi connectivity index (χ1n) is 18.6. The van der Waals surface area contributed by atoms with Gasteiger partial charge in [-0.1, -0.05) is 146 Å². The zero-order valence-corrected chi connectivity index (χ0v) is 29.5. The predicted octanol–water partition coefficient (Wildman–Crippen LogP) is 14.0. The normalized spacial score (nSPS) is 11.7. The topological polar surface area (TPSA) is 9.86 Å². The first-order valence-corrected chi connectivity index (χ1v) is 18.6. The van der Waals surface area contributed by atoms with Crippen LogP contribution >= 0.6 is 0 Å². The predicted molar refractivity (Wildman–Crippen MR) is 229 cm³/mol. The Kier molecular flexibility index (Phi) is 6.90. The van der Waals surface area contributed by atoms with Gasteiger partial charge < -0.3 is 9.13 Å². The lowest BCUT2D eigenvalue weighted by atomic mass is 9.99. The van der Waals surface area contributed by atoms with Crippen LogP contribution in [0.1, 0.15) is 0 Å². The third-order valence-electron chi connectivity index (χ3n) is 11.1. The average Bonchev–Trinajstić information content (AvgIpc) is 3.76. The van der Waals surface area contributed by atoms with Crippen LogP contribution in [0.2, 0.25) is 0 Å². The first kappa shape index (κ1) is 30.5. The Morgan fingerprint density at radius 2 is 0.704 bits per heavy atom. The van der Waals surface area contributed by atoms with Gasteiger partial charge in [-0.3, -0.25) is 0 Å². The standard InChI is InChI=1S/C52H34N2/c1-2-13-35(14-3-1)37-17-10-18-38(31-37)39-19-11-20-42(32-39)53-49-24-8-6-22-44(49)46-33-40(27-29-51(46)53)41-28-30-52-47(34-41)45-23-7-9-25-50(45)54(52)48-26-12-16-36-15-4-5-21-43(36)48/h1-34H. The van der Waals surface area contributed by atoms with Crippen LogP contribution in [0.5, 0.6) is 0 Å². The fourth-order valence-electron chi connectivity index (χ4n) is 8.58. The van der Waals surface area contributed by atoms with Gasteiger partial charge in [-0.25, -0.2) is 0 Å². The number of nitrogens with zero attached hydrogens (tertiary/aromatic N) is 2. The van der Waals surface area contributed by atoms with Crippen molar-refractivity contribution >= 4 is 54.4 Å². The zero-order valence-electron chi connectivity index (χ0n) is 29.5. The molecule has 0 spiro atoms. The molecule has 0 atom stereocenters. The quantitative estimate of drug-likeness (QED) is 0.171. The van der Waals surface area contributed by atoms with Crippen LogP contribution in [0.4, 0.5) is 0 Å². The molecule has 0 bridgehead atoms. The van der Waals surface area contributed by atoms with Crippen LogP contribution in [0.25, 0.3) is 99.1 Å². The van der Waals surface area contributed by atoms with Gasteiger partial charge in [-0.2, -0.15) is 0 Å². The Labute approximate surface area is 313 Å². The molecule has 2 aromatic heterocycles. The van der Waals surface area contributed by atoms with Gasteiger partial charge in [-0.05, 0) is 99.4 Å². The molecule has 0 amide bonds. The van der Waals surface area contributed by atoms with Crippen LogP contribution in [0, 0.1) is 0 Å². The number of hydrogen-bond acceptors (Lipinski definition) is 0. The zero-order chi connectivity index (χ0) is 35.6. The van der Waals surface area contributed by atoms with E-state index >= 15 is 0 Å². The first-order chi connectivity index (χ1) is 26.8. The Hall–Kier alpha value is -7.16. The van der Waals surface area contributed by atoms with Crippen molar-refractivity contribution < 1.29 is 0 Å². The SMILES string of the molecule is c1ccc(-c2cccc(-c3cccc(-n4c5ccccc5c5cc(-c6ccc7c(c6)c6ccccc6n7-c6cccc7ccccc67)ccc54)c3)c2)cc1. The van der Waals surface area contributed by atoms with Gasteiger partial charge >= 0.3 is 0 Å². The lowest BCUT2D eigenvalue weighted by Crippen LogP contribution is -1.95. The number of aromatic nitrogens is 2. The van der Waals surface area contributed by atoms with E-state index in [1.54, 1.807) is 0 Å². The summed E-state index contributed by atoms with van der Waals surface area (Å²) in [7, 11) is 0. The molecule has 11 rings (SSSR count). The Balaban J connectivity index is 1.05. The Morgan fingerprint density at radius 1 is 0.241 bits per heavy atom. The van der Waals surface area contributed by atoms with Gasteiger partial charge in [0.2, 0.25) is 0 Å². The van der Waals surface area contributed by atoms with E-state index in [1.165, 1.54) is 93.5 Å². The second-order valence-corrected chi connectivity index (χ2v) is 14.2. The summed E-state index contributed by atoms with van der Waals surface area (Å²) >= 11 is 0. The number of rotatable bonds is 5. The van der Waals surface area contributed by atoms with Crippen LogP contribution < -0.4 is 0 Å². The average molecular weight is 687 g/mol. The molecule has 0 aliphatic carbocycles. The van der Waals surface area contributed by atoms with Gasteiger partial charge in [0.05, 0.1) is 27.8 Å². The summed E-state index contributed by atoms with van der Waals surface area (Å²) in [6.07, 6.45) is 0. The molecule has 2 heteroatoms.